The predicted octanol–water partition coefficient (Wildman–Crippen LogP) is 2.75. The third-order valence-corrected chi connectivity index (χ3v) is 2.55. The Balaban J connectivity index is 2.67. The van der Waals surface area contributed by atoms with E-state index in [0.717, 1.165) is 0 Å². The van der Waals surface area contributed by atoms with Crippen molar-refractivity contribution in [3.8, 4) is 11.5 Å². The summed E-state index contributed by atoms with van der Waals surface area (Å²) in [6.07, 6.45) is 3.44. The molecule has 0 radical (unpaired) electrons. The Bertz CT molecular complexity index is 573. The molecule has 6 nitrogen and oxygen atoms in total. The lowest BCUT2D eigenvalue weighted by atomic mass is 10.1. The summed E-state index contributed by atoms with van der Waals surface area (Å²) in [5.41, 5.74) is 0.263. The molecule has 2 N–H and O–H groups in total. The van der Waals surface area contributed by atoms with E-state index in [1.165, 1.54) is 13.2 Å². The zero-order valence-electron chi connectivity index (χ0n) is 13.2. The van der Waals surface area contributed by atoms with Crippen LogP contribution in [0.4, 0.5) is 4.79 Å². The smallest absolute Gasteiger partial charge is 0.407 e. The monoisotopic (exact) mass is 307 g/mol. The van der Waals surface area contributed by atoms with Gasteiger partial charge >= 0.3 is 6.09 Å². The molecular formula is C16H21NO5. The number of rotatable bonds is 5. The van der Waals surface area contributed by atoms with Crippen molar-refractivity contribution in [3.05, 3.63) is 29.3 Å². The van der Waals surface area contributed by atoms with E-state index in [1.807, 2.05) is 0 Å². The topological polar surface area (TPSA) is 84.9 Å². The zero-order valence-corrected chi connectivity index (χ0v) is 13.2. The lowest BCUT2D eigenvalue weighted by molar-refractivity contribution is 0.0534. The first-order valence-electron chi connectivity index (χ1n) is 6.76. The van der Waals surface area contributed by atoms with Gasteiger partial charge < -0.3 is 19.9 Å². The van der Waals surface area contributed by atoms with Gasteiger partial charge in [-0.05, 0) is 38.5 Å². The lowest BCUT2D eigenvalue weighted by Gasteiger charge is -2.19. The molecule has 0 saturated heterocycles. The number of aldehydes is 1. The van der Waals surface area contributed by atoms with Gasteiger partial charge in [-0.3, -0.25) is 4.79 Å². The van der Waals surface area contributed by atoms with E-state index >= 15 is 0 Å². The van der Waals surface area contributed by atoms with Crippen molar-refractivity contribution in [1.29, 1.82) is 0 Å². The van der Waals surface area contributed by atoms with E-state index in [4.69, 9.17) is 9.47 Å². The number of phenolic OH excluding ortho intramolecular Hbond substituents is 1. The first-order chi connectivity index (χ1) is 10.3. The van der Waals surface area contributed by atoms with E-state index in [9.17, 15) is 14.7 Å². The van der Waals surface area contributed by atoms with Gasteiger partial charge in [0.15, 0.2) is 17.8 Å². The highest BCUT2D eigenvalue weighted by atomic mass is 16.6. The molecule has 1 rings (SSSR count). The number of ether oxygens (including phenoxy) is 2. The maximum Gasteiger partial charge on any atom is 0.407 e. The van der Waals surface area contributed by atoms with Crippen LogP contribution in [-0.2, 0) is 4.74 Å². The number of hydrogen-bond donors (Lipinski definition) is 2. The molecular weight excluding hydrogens is 286 g/mol. The number of nitrogens with one attached hydrogen (secondary N) is 1. The first kappa shape index (κ1) is 17.6. The molecule has 0 atom stereocenters. The van der Waals surface area contributed by atoms with E-state index < -0.39 is 11.7 Å². The fourth-order valence-corrected chi connectivity index (χ4v) is 1.64. The van der Waals surface area contributed by atoms with Gasteiger partial charge in [0.1, 0.15) is 5.60 Å². The maximum atomic E-state index is 11.4. The summed E-state index contributed by atoms with van der Waals surface area (Å²) in [5.74, 6) is 0.0193. The molecule has 6 heteroatoms. The number of carbonyl (C=O) groups excluding carboxylic acids is 2. The van der Waals surface area contributed by atoms with Crippen LogP contribution in [0.2, 0.25) is 0 Å². The van der Waals surface area contributed by atoms with E-state index in [0.29, 0.717) is 11.8 Å². The highest BCUT2D eigenvalue weighted by Crippen LogP contribution is 2.30. The van der Waals surface area contributed by atoms with E-state index in [2.05, 4.69) is 5.32 Å². The minimum atomic E-state index is -0.545. The summed E-state index contributed by atoms with van der Waals surface area (Å²) in [5, 5.41) is 12.3. The Morgan fingerprint density at radius 2 is 2.05 bits per heavy atom. The van der Waals surface area contributed by atoms with Crippen LogP contribution in [0.15, 0.2) is 18.2 Å². The molecule has 0 spiro atoms. The van der Waals surface area contributed by atoms with Crippen LogP contribution in [-0.4, -0.2) is 36.7 Å². The molecule has 1 aromatic carbocycles. The summed E-state index contributed by atoms with van der Waals surface area (Å²) in [6.45, 7) is 5.62. The van der Waals surface area contributed by atoms with Gasteiger partial charge in [0.25, 0.3) is 0 Å². The predicted molar refractivity (Wildman–Crippen MR) is 83.3 cm³/mol. The number of methoxy groups -OCH3 is 1. The van der Waals surface area contributed by atoms with Gasteiger partial charge in [0.05, 0.1) is 12.7 Å². The van der Waals surface area contributed by atoms with Gasteiger partial charge in [-0.15, -0.1) is 0 Å². The zero-order chi connectivity index (χ0) is 16.8. The molecule has 0 heterocycles. The van der Waals surface area contributed by atoms with Crippen molar-refractivity contribution in [2.24, 2.45) is 0 Å². The number of benzene rings is 1. The molecule has 22 heavy (non-hydrogen) atoms. The minimum Gasteiger partial charge on any atom is -0.504 e. The SMILES string of the molecule is COc1cc(C=CCNC(=O)OC(C)(C)C)cc(C=O)c1O. The van der Waals surface area contributed by atoms with Gasteiger partial charge in [-0.1, -0.05) is 12.2 Å². The van der Waals surface area contributed by atoms with Crippen molar-refractivity contribution >= 4 is 18.5 Å². The van der Waals surface area contributed by atoms with Crippen LogP contribution in [0, 0.1) is 0 Å². The second-order valence-corrected chi connectivity index (χ2v) is 5.56. The molecule has 1 aromatic rings. The van der Waals surface area contributed by atoms with Crippen LogP contribution in [0.1, 0.15) is 36.7 Å². The summed E-state index contributed by atoms with van der Waals surface area (Å²) in [7, 11) is 1.40. The number of amides is 1. The van der Waals surface area contributed by atoms with E-state index in [-0.39, 0.29) is 23.6 Å². The summed E-state index contributed by atoms with van der Waals surface area (Å²) in [4.78, 5) is 22.3. The molecule has 120 valence electrons. The highest BCUT2D eigenvalue weighted by molar-refractivity contribution is 5.82. The summed E-state index contributed by atoms with van der Waals surface area (Å²) < 4.78 is 10.1. The van der Waals surface area contributed by atoms with E-state index in [1.54, 1.807) is 39.0 Å². The van der Waals surface area contributed by atoms with Gasteiger partial charge in [-0.25, -0.2) is 4.79 Å². The van der Waals surface area contributed by atoms with Crippen molar-refractivity contribution in [2.75, 3.05) is 13.7 Å². The maximum absolute atomic E-state index is 11.4. The van der Waals surface area contributed by atoms with Crippen LogP contribution in [0.25, 0.3) is 6.08 Å². The largest absolute Gasteiger partial charge is 0.504 e. The molecule has 0 aromatic heterocycles. The highest BCUT2D eigenvalue weighted by Gasteiger charge is 2.15. The van der Waals surface area contributed by atoms with Crippen molar-refractivity contribution < 1.29 is 24.2 Å². The molecule has 0 aliphatic rings. The second-order valence-electron chi connectivity index (χ2n) is 5.56. The molecule has 0 aliphatic heterocycles. The second kappa shape index (κ2) is 7.49. The lowest BCUT2D eigenvalue weighted by Crippen LogP contribution is -2.32. The van der Waals surface area contributed by atoms with Gasteiger partial charge in [0.2, 0.25) is 0 Å². The standard InChI is InChI=1S/C16H21NO5/c1-16(2,3)22-15(20)17-7-5-6-11-8-12(10-18)14(19)13(9-11)21-4/h5-6,8-10,19H,7H2,1-4H3,(H,17,20). The average Bonchev–Trinajstić information content (AvgIpc) is 2.43. The van der Waals surface area contributed by atoms with Gasteiger partial charge in [-0.2, -0.15) is 0 Å². The van der Waals surface area contributed by atoms with Crippen molar-refractivity contribution in [2.45, 2.75) is 26.4 Å². The Hall–Kier alpha value is -2.50. The van der Waals surface area contributed by atoms with Crippen molar-refractivity contribution in [1.82, 2.24) is 5.32 Å². The molecule has 0 aliphatic carbocycles. The number of aromatic hydroxyl groups is 1. The first-order valence-corrected chi connectivity index (χ1v) is 6.76. The van der Waals surface area contributed by atoms with Crippen LogP contribution in [0.5, 0.6) is 11.5 Å². The fraction of sp³-hybridized carbons (Fsp3) is 0.375. The number of alkyl carbamates (subject to hydrolysis) is 1. The number of hydrogen-bond acceptors (Lipinski definition) is 5. The molecule has 0 fully saturated rings. The number of phenols is 1. The molecule has 0 bridgehead atoms. The summed E-state index contributed by atoms with van der Waals surface area (Å²) >= 11 is 0. The molecule has 1 amide bonds. The van der Waals surface area contributed by atoms with Crippen molar-refractivity contribution in [3.63, 3.8) is 0 Å². The Morgan fingerprint density at radius 3 is 2.59 bits per heavy atom. The van der Waals surface area contributed by atoms with Gasteiger partial charge in [0, 0.05) is 6.54 Å². The van der Waals surface area contributed by atoms with Crippen LogP contribution >= 0.6 is 0 Å². The molecule has 0 saturated carbocycles. The number of carbonyl (C=O) groups is 2. The quantitative estimate of drug-likeness (QED) is 0.817. The van der Waals surface area contributed by atoms with Crippen LogP contribution in [0.3, 0.4) is 0 Å². The average molecular weight is 307 g/mol. The normalized spacial score (nSPS) is 11.3. The minimum absolute atomic E-state index is 0.138. The third-order valence-electron chi connectivity index (χ3n) is 2.55. The third kappa shape index (κ3) is 5.47. The summed E-state index contributed by atoms with van der Waals surface area (Å²) in [6, 6.07) is 3.11. The molecule has 0 unspecified atom stereocenters. The fourth-order valence-electron chi connectivity index (χ4n) is 1.64. The Morgan fingerprint density at radius 1 is 1.36 bits per heavy atom. The van der Waals surface area contributed by atoms with Crippen LogP contribution < -0.4 is 10.1 Å². The Labute approximate surface area is 129 Å². The Kier molecular flexibility index (Phi) is 5.98.